The third-order valence-electron chi connectivity index (χ3n) is 5.16. The largest absolute Gasteiger partial charge is 0.511 e. The number of ether oxygens (including phenoxy) is 3. The molecule has 1 heterocycles. The van der Waals surface area contributed by atoms with Crippen molar-refractivity contribution in [1.29, 1.82) is 0 Å². The summed E-state index contributed by atoms with van der Waals surface area (Å²) in [6.45, 7) is 3.36. The summed E-state index contributed by atoms with van der Waals surface area (Å²) in [5.74, 6) is -0.574. The van der Waals surface area contributed by atoms with Crippen LogP contribution < -0.4 is 0 Å². The van der Waals surface area contributed by atoms with E-state index < -0.39 is 24.0 Å². The van der Waals surface area contributed by atoms with Gasteiger partial charge in [-0.05, 0) is 45.4 Å². The Hall–Kier alpha value is -1.79. The minimum atomic E-state index is -1.05. The van der Waals surface area contributed by atoms with Crippen LogP contribution >= 0.6 is 0 Å². The van der Waals surface area contributed by atoms with Gasteiger partial charge in [0, 0.05) is 13.3 Å². The molecule has 0 aromatic carbocycles. The van der Waals surface area contributed by atoms with E-state index in [2.05, 4.69) is 5.16 Å². The second-order valence-corrected chi connectivity index (χ2v) is 6.88. The second-order valence-electron chi connectivity index (χ2n) is 6.88. The summed E-state index contributed by atoms with van der Waals surface area (Å²) < 4.78 is 15.6. The maximum absolute atomic E-state index is 12.5. The summed E-state index contributed by atoms with van der Waals surface area (Å²) in [6, 6.07) is 0. The van der Waals surface area contributed by atoms with Gasteiger partial charge in [0.1, 0.15) is 6.10 Å². The van der Waals surface area contributed by atoms with E-state index in [1.165, 1.54) is 13.3 Å². The number of hydrogen-bond acceptors (Lipinski definition) is 7. The zero-order valence-electron chi connectivity index (χ0n) is 14.3. The molecular weight excluding hydrogens is 314 g/mol. The van der Waals surface area contributed by atoms with Crippen molar-refractivity contribution in [3.05, 3.63) is 0 Å². The van der Waals surface area contributed by atoms with Crippen molar-refractivity contribution in [2.75, 3.05) is 0 Å². The Balaban J connectivity index is 1.48. The predicted octanol–water partition coefficient (Wildman–Crippen LogP) is 3.31. The Kier molecular flexibility index (Phi) is 4.96. The first-order valence-corrected chi connectivity index (χ1v) is 8.82. The van der Waals surface area contributed by atoms with Crippen LogP contribution in [0.15, 0.2) is 5.16 Å². The first-order valence-electron chi connectivity index (χ1n) is 8.82. The van der Waals surface area contributed by atoms with E-state index in [4.69, 9.17) is 19.0 Å². The molecule has 2 saturated carbocycles. The lowest BCUT2D eigenvalue weighted by Crippen LogP contribution is -2.45. The second kappa shape index (κ2) is 6.99. The first kappa shape index (κ1) is 17.0. The van der Waals surface area contributed by atoms with Crippen molar-refractivity contribution in [2.24, 2.45) is 11.1 Å². The van der Waals surface area contributed by atoms with Crippen LogP contribution in [0, 0.1) is 5.92 Å². The van der Waals surface area contributed by atoms with Crippen LogP contribution in [0.4, 0.5) is 4.79 Å². The summed E-state index contributed by atoms with van der Waals surface area (Å²) in [7, 11) is 0. The summed E-state index contributed by atoms with van der Waals surface area (Å²) >= 11 is 0. The maximum Gasteiger partial charge on any atom is 0.511 e. The highest BCUT2D eigenvalue weighted by atomic mass is 16.8. The molecule has 0 amide bonds. The van der Waals surface area contributed by atoms with E-state index in [-0.39, 0.29) is 12.0 Å². The molecule has 0 N–H and O–H groups in total. The lowest BCUT2D eigenvalue weighted by molar-refractivity contribution is -0.194. The number of esters is 1. The fourth-order valence-corrected chi connectivity index (χ4v) is 3.89. The van der Waals surface area contributed by atoms with Gasteiger partial charge in [-0.3, -0.25) is 0 Å². The first-order chi connectivity index (χ1) is 11.5. The molecule has 0 spiro atoms. The topological polar surface area (TPSA) is 83.4 Å². The Bertz CT molecular complexity index is 527. The van der Waals surface area contributed by atoms with Crippen molar-refractivity contribution >= 4 is 17.8 Å². The number of fused-ring (bicyclic) bond motifs is 1. The van der Waals surface area contributed by atoms with Crippen molar-refractivity contribution in [1.82, 2.24) is 0 Å². The number of rotatable bonds is 4. The Labute approximate surface area is 141 Å². The van der Waals surface area contributed by atoms with Crippen LogP contribution in [0.1, 0.15) is 65.2 Å². The molecule has 7 nitrogen and oxygen atoms in total. The Morgan fingerprint density at radius 2 is 1.92 bits per heavy atom. The molecule has 0 aromatic heterocycles. The van der Waals surface area contributed by atoms with E-state index in [0.29, 0.717) is 6.42 Å². The molecule has 2 fully saturated rings. The molecule has 3 aliphatic rings. The van der Waals surface area contributed by atoms with Gasteiger partial charge in [0.15, 0.2) is 0 Å². The molecule has 3 rings (SSSR count). The average molecular weight is 339 g/mol. The summed E-state index contributed by atoms with van der Waals surface area (Å²) in [5, 5.41) is 3.94. The van der Waals surface area contributed by atoms with Crippen LogP contribution in [0.3, 0.4) is 0 Å². The molecule has 1 aliphatic heterocycles. The molecule has 0 saturated heterocycles. The third kappa shape index (κ3) is 3.35. The average Bonchev–Trinajstić information content (AvgIpc) is 3.10. The van der Waals surface area contributed by atoms with E-state index >= 15 is 0 Å². The fraction of sp³-hybridized carbons (Fsp3) is 0.824. The number of hydrogen-bond donors (Lipinski definition) is 0. The lowest BCUT2D eigenvalue weighted by atomic mass is 9.88. The van der Waals surface area contributed by atoms with Gasteiger partial charge in [-0.2, -0.15) is 0 Å². The van der Waals surface area contributed by atoms with Crippen LogP contribution in [0.2, 0.25) is 0 Å². The van der Waals surface area contributed by atoms with Gasteiger partial charge in [-0.1, -0.05) is 11.6 Å². The van der Waals surface area contributed by atoms with E-state index in [0.717, 1.165) is 44.2 Å². The number of nitrogens with zero attached hydrogens (tertiary/aromatic N) is 1. The molecule has 3 atom stereocenters. The van der Waals surface area contributed by atoms with Crippen LogP contribution in [0.25, 0.3) is 0 Å². The van der Waals surface area contributed by atoms with Crippen LogP contribution in [-0.2, 0) is 23.8 Å². The molecule has 2 aliphatic carbocycles. The smallest absolute Gasteiger partial charge is 0.431 e. The lowest BCUT2D eigenvalue weighted by Gasteiger charge is -2.26. The number of oxime groups is 1. The van der Waals surface area contributed by atoms with Gasteiger partial charge in [0.2, 0.25) is 11.9 Å². The molecule has 134 valence electrons. The third-order valence-corrected chi connectivity index (χ3v) is 5.16. The molecule has 0 bridgehead atoms. The van der Waals surface area contributed by atoms with Crippen molar-refractivity contribution < 1.29 is 28.6 Å². The zero-order chi connectivity index (χ0) is 17.2. The predicted molar refractivity (Wildman–Crippen MR) is 84.3 cm³/mol. The standard InChI is InChI=1S/C17H25NO6/c1-11-14-9-6-10-17(14,24-18-11)15(19)21-12(2)22-16(20)23-13-7-4-3-5-8-13/h12-14H,3-10H2,1-2H3. The van der Waals surface area contributed by atoms with E-state index in [1.54, 1.807) is 0 Å². The molecule has 24 heavy (non-hydrogen) atoms. The SMILES string of the molecule is CC1=NOC2(C(=O)OC(C)OC(=O)OC3CCCCC3)CCCC12. The maximum atomic E-state index is 12.5. The van der Waals surface area contributed by atoms with Crippen LogP contribution in [-0.4, -0.2) is 35.8 Å². The zero-order valence-corrected chi connectivity index (χ0v) is 14.3. The highest BCUT2D eigenvalue weighted by Gasteiger charge is 2.58. The number of carbonyl (C=O) groups excluding carboxylic acids is 2. The van der Waals surface area contributed by atoms with Crippen molar-refractivity contribution in [2.45, 2.75) is 83.2 Å². The summed E-state index contributed by atoms with van der Waals surface area (Å²) in [5.41, 5.74) is -0.232. The molecule has 3 unspecified atom stereocenters. The molecule has 7 heteroatoms. The monoisotopic (exact) mass is 339 g/mol. The normalized spacial score (nSPS) is 30.8. The van der Waals surface area contributed by atoms with Gasteiger partial charge in [0.05, 0.1) is 11.6 Å². The Morgan fingerprint density at radius 1 is 1.17 bits per heavy atom. The molecular formula is C17H25NO6. The van der Waals surface area contributed by atoms with Crippen molar-refractivity contribution in [3.8, 4) is 0 Å². The molecule has 0 aromatic rings. The summed E-state index contributed by atoms with van der Waals surface area (Å²) in [4.78, 5) is 29.7. The highest BCUT2D eigenvalue weighted by Crippen LogP contribution is 2.44. The summed E-state index contributed by atoms with van der Waals surface area (Å²) in [6.07, 6.45) is 5.40. The number of carbonyl (C=O) groups is 2. The highest BCUT2D eigenvalue weighted by molar-refractivity contribution is 5.95. The Morgan fingerprint density at radius 3 is 2.67 bits per heavy atom. The van der Waals surface area contributed by atoms with Crippen molar-refractivity contribution in [3.63, 3.8) is 0 Å². The van der Waals surface area contributed by atoms with Gasteiger partial charge >= 0.3 is 12.1 Å². The van der Waals surface area contributed by atoms with E-state index in [9.17, 15) is 9.59 Å². The van der Waals surface area contributed by atoms with Crippen LogP contribution in [0.5, 0.6) is 0 Å². The fourth-order valence-electron chi connectivity index (χ4n) is 3.89. The van der Waals surface area contributed by atoms with Gasteiger partial charge in [0.25, 0.3) is 0 Å². The van der Waals surface area contributed by atoms with Gasteiger partial charge in [-0.15, -0.1) is 0 Å². The van der Waals surface area contributed by atoms with Gasteiger partial charge < -0.3 is 19.0 Å². The van der Waals surface area contributed by atoms with E-state index in [1.807, 2.05) is 6.92 Å². The minimum Gasteiger partial charge on any atom is -0.431 e. The quantitative estimate of drug-likeness (QED) is 0.577. The minimum absolute atomic E-state index is 0.0496. The van der Waals surface area contributed by atoms with Gasteiger partial charge in [-0.25, -0.2) is 9.59 Å². The molecule has 0 radical (unpaired) electrons.